The van der Waals surface area contributed by atoms with Crippen molar-refractivity contribution in [1.82, 2.24) is 10.2 Å². The fraction of sp³-hybridized carbons (Fsp3) is 0.923. The van der Waals surface area contributed by atoms with Crippen molar-refractivity contribution >= 4 is 5.97 Å². The van der Waals surface area contributed by atoms with Crippen molar-refractivity contribution < 1.29 is 14.3 Å². The SMILES string of the molecule is CC(C)(C)OC(=O)CCNCCN1CCOCC1. The highest BCUT2D eigenvalue weighted by Gasteiger charge is 2.15. The molecule has 0 aromatic rings. The van der Waals surface area contributed by atoms with Crippen LogP contribution < -0.4 is 5.32 Å². The third-order valence-corrected chi connectivity index (χ3v) is 2.63. The van der Waals surface area contributed by atoms with E-state index in [1.165, 1.54) is 0 Å². The summed E-state index contributed by atoms with van der Waals surface area (Å²) in [5.74, 6) is -0.138. The Morgan fingerprint density at radius 3 is 2.56 bits per heavy atom. The molecule has 1 saturated heterocycles. The average molecular weight is 258 g/mol. The van der Waals surface area contributed by atoms with Crippen LogP contribution >= 0.6 is 0 Å². The van der Waals surface area contributed by atoms with Gasteiger partial charge in [0, 0.05) is 32.7 Å². The quantitative estimate of drug-likeness (QED) is 0.560. The van der Waals surface area contributed by atoms with Crippen molar-refractivity contribution in [2.24, 2.45) is 0 Å². The van der Waals surface area contributed by atoms with Gasteiger partial charge in [-0.25, -0.2) is 0 Å². The minimum atomic E-state index is -0.384. The van der Waals surface area contributed by atoms with Gasteiger partial charge >= 0.3 is 5.97 Å². The summed E-state index contributed by atoms with van der Waals surface area (Å²) >= 11 is 0. The lowest BCUT2D eigenvalue weighted by Crippen LogP contribution is -2.40. The van der Waals surface area contributed by atoms with Crippen molar-refractivity contribution in [2.45, 2.75) is 32.8 Å². The molecule has 5 nitrogen and oxygen atoms in total. The first-order valence-electron chi connectivity index (χ1n) is 6.70. The molecule has 0 saturated carbocycles. The Labute approximate surface area is 110 Å². The molecule has 106 valence electrons. The Morgan fingerprint density at radius 2 is 1.94 bits per heavy atom. The number of morpholine rings is 1. The minimum Gasteiger partial charge on any atom is -0.460 e. The lowest BCUT2D eigenvalue weighted by molar-refractivity contribution is -0.154. The predicted octanol–water partition coefficient (Wildman–Crippen LogP) is 0.640. The number of carbonyl (C=O) groups is 1. The minimum absolute atomic E-state index is 0.138. The van der Waals surface area contributed by atoms with E-state index in [0.29, 0.717) is 13.0 Å². The van der Waals surface area contributed by atoms with Gasteiger partial charge in [0.2, 0.25) is 0 Å². The number of carbonyl (C=O) groups excluding carboxylic acids is 1. The molecule has 0 radical (unpaired) electrons. The average Bonchev–Trinajstić information content (AvgIpc) is 2.27. The van der Waals surface area contributed by atoms with Gasteiger partial charge in [-0.1, -0.05) is 0 Å². The van der Waals surface area contributed by atoms with Gasteiger partial charge in [0.15, 0.2) is 0 Å². The van der Waals surface area contributed by atoms with Gasteiger partial charge in [0.05, 0.1) is 19.6 Å². The Bertz CT molecular complexity index is 245. The largest absolute Gasteiger partial charge is 0.460 e. The van der Waals surface area contributed by atoms with E-state index in [-0.39, 0.29) is 11.6 Å². The molecule has 18 heavy (non-hydrogen) atoms. The van der Waals surface area contributed by atoms with Crippen LogP contribution in [0.25, 0.3) is 0 Å². The molecule has 1 aliphatic rings. The first-order valence-corrected chi connectivity index (χ1v) is 6.70. The highest BCUT2D eigenvalue weighted by atomic mass is 16.6. The molecular weight excluding hydrogens is 232 g/mol. The number of nitrogens with one attached hydrogen (secondary N) is 1. The predicted molar refractivity (Wildman–Crippen MR) is 70.6 cm³/mol. The molecule has 0 aliphatic carbocycles. The van der Waals surface area contributed by atoms with E-state index in [4.69, 9.17) is 9.47 Å². The van der Waals surface area contributed by atoms with E-state index in [1.54, 1.807) is 0 Å². The van der Waals surface area contributed by atoms with Gasteiger partial charge in [-0.05, 0) is 20.8 Å². The molecule has 0 unspecified atom stereocenters. The zero-order chi connectivity index (χ0) is 13.4. The second-order valence-corrected chi connectivity index (χ2v) is 5.54. The van der Waals surface area contributed by atoms with Crippen LogP contribution in [0.4, 0.5) is 0 Å². The van der Waals surface area contributed by atoms with E-state index in [2.05, 4.69) is 10.2 Å². The summed E-state index contributed by atoms with van der Waals surface area (Å²) in [7, 11) is 0. The standard InChI is InChI=1S/C13H26N2O3/c1-13(2,3)18-12(16)4-5-14-6-7-15-8-10-17-11-9-15/h14H,4-11H2,1-3H3. The molecule has 0 amide bonds. The summed E-state index contributed by atoms with van der Waals surface area (Å²) in [6.07, 6.45) is 0.431. The third-order valence-electron chi connectivity index (χ3n) is 2.63. The van der Waals surface area contributed by atoms with Gasteiger partial charge in [-0.2, -0.15) is 0 Å². The maximum absolute atomic E-state index is 11.4. The maximum Gasteiger partial charge on any atom is 0.307 e. The van der Waals surface area contributed by atoms with Crippen LogP contribution in [0.15, 0.2) is 0 Å². The summed E-state index contributed by atoms with van der Waals surface area (Å²) in [6.45, 7) is 11.9. The Hall–Kier alpha value is -0.650. The number of nitrogens with zero attached hydrogens (tertiary/aromatic N) is 1. The number of rotatable bonds is 6. The van der Waals surface area contributed by atoms with E-state index in [1.807, 2.05) is 20.8 Å². The molecule has 0 aromatic heterocycles. The number of esters is 1. The first-order chi connectivity index (χ1) is 8.47. The highest BCUT2D eigenvalue weighted by Crippen LogP contribution is 2.07. The van der Waals surface area contributed by atoms with Crippen LogP contribution in [0.3, 0.4) is 0 Å². The molecule has 0 aromatic carbocycles. The molecule has 5 heteroatoms. The number of hydrogen-bond acceptors (Lipinski definition) is 5. The van der Waals surface area contributed by atoms with Crippen molar-refractivity contribution in [2.75, 3.05) is 45.9 Å². The highest BCUT2D eigenvalue weighted by molar-refractivity contribution is 5.70. The van der Waals surface area contributed by atoms with E-state index >= 15 is 0 Å². The Morgan fingerprint density at radius 1 is 1.28 bits per heavy atom. The first kappa shape index (κ1) is 15.4. The summed E-state index contributed by atoms with van der Waals surface area (Å²) < 4.78 is 10.5. The van der Waals surface area contributed by atoms with Gasteiger partial charge in [0.25, 0.3) is 0 Å². The van der Waals surface area contributed by atoms with Crippen LogP contribution in [-0.4, -0.2) is 62.4 Å². The molecule has 1 fully saturated rings. The summed E-state index contributed by atoms with van der Waals surface area (Å²) in [5.41, 5.74) is -0.384. The van der Waals surface area contributed by atoms with Crippen molar-refractivity contribution in [1.29, 1.82) is 0 Å². The number of hydrogen-bond donors (Lipinski definition) is 1. The second-order valence-electron chi connectivity index (χ2n) is 5.54. The van der Waals surface area contributed by atoms with E-state index in [9.17, 15) is 4.79 Å². The van der Waals surface area contributed by atoms with Crippen LogP contribution in [0.1, 0.15) is 27.2 Å². The summed E-state index contributed by atoms with van der Waals surface area (Å²) in [5, 5.41) is 3.27. The molecular formula is C13H26N2O3. The lowest BCUT2D eigenvalue weighted by atomic mass is 10.2. The van der Waals surface area contributed by atoms with E-state index < -0.39 is 0 Å². The normalized spacial score (nSPS) is 17.7. The van der Waals surface area contributed by atoms with Gasteiger partial charge < -0.3 is 14.8 Å². The van der Waals surface area contributed by atoms with Gasteiger partial charge in [-0.15, -0.1) is 0 Å². The van der Waals surface area contributed by atoms with Crippen molar-refractivity contribution in [3.63, 3.8) is 0 Å². The molecule has 0 spiro atoms. The van der Waals surface area contributed by atoms with E-state index in [0.717, 1.165) is 39.4 Å². The third kappa shape index (κ3) is 7.63. The fourth-order valence-corrected chi connectivity index (χ4v) is 1.77. The monoisotopic (exact) mass is 258 g/mol. The van der Waals surface area contributed by atoms with Crippen LogP contribution in [0.2, 0.25) is 0 Å². The van der Waals surface area contributed by atoms with Crippen LogP contribution in [-0.2, 0) is 14.3 Å². The van der Waals surface area contributed by atoms with Gasteiger partial charge in [0.1, 0.15) is 5.60 Å². The zero-order valence-corrected chi connectivity index (χ0v) is 11.8. The lowest BCUT2D eigenvalue weighted by Gasteiger charge is -2.26. The topological polar surface area (TPSA) is 50.8 Å². The van der Waals surface area contributed by atoms with Gasteiger partial charge in [-0.3, -0.25) is 9.69 Å². The maximum atomic E-state index is 11.4. The second kappa shape index (κ2) is 7.71. The van der Waals surface area contributed by atoms with Crippen LogP contribution in [0, 0.1) is 0 Å². The molecule has 1 aliphatic heterocycles. The fourth-order valence-electron chi connectivity index (χ4n) is 1.77. The Balaban J connectivity index is 1.96. The number of ether oxygens (including phenoxy) is 2. The molecule has 1 N–H and O–H groups in total. The molecule has 0 bridgehead atoms. The molecule has 1 rings (SSSR count). The van der Waals surface area contributed by atoms with Crippen molar-refractivity contribution in [3.05, 3.63) is 0 Å². The van der Waals surface area contributed by atoms with Crippen molar-refractivity contribution in [3.8, 4) is 0 Å². The molecule has 0 atom stereocenters. The summed E-state index contributed by atoms with van der Waals surface area (Å²) in [4.78, 5) is 13.8. The Kier molecular flexibility index (Phi) is 6.60. The smallest absolute Gasteiger partial charge is 0.307 e. The van der Waals surface area contributed by atoms with Crippen LogP contribution in [0.5, 0.6) is 0 Å². The molecule has 1 heterocycles. The zero-order valence-electron chi connectivity index (χ0n) is 11.8. The summed E-state index contributed by atoms with van der Waals surface area (Å²) in [6, 6.07) is 0.